The molecule has 0 aliphatic carbocycles. The zero-order valence-electron chi connectivity index (χ0n) is 17.6. The molecule has 1 amide bonds. The number of para-hydroxylation sites is 1. The molecule has 0 fully saturated rings. The van der Waals surface area contributed by atoms with E-state index in [1.54, 1.807) is 24.3 Å². The van der Waals surface area contributed by atoms with Gasteiger partial charge in [-0.2, -0.15) is 0 Å². The van der Waals surface area contributed by atoms with Crippen molar-refractivity contribution in [2.75, 3.05) is 17.2 Å². The number of H-pyrrole nitrogens is 1. The van der Waals surface area contributed by atoms with Gasteiger partial charge < -0.3 is 14.9 Å². The van der Waals surface area contributed by atoms with Crippen LogP contribution in [0, 0.1) is 6.92 Å². The molecular formula is C22H26N4O5. The molecule has 0 atom stereocenters. The quantitative estimate of drug-likeness (QED) is 0.542. The second-order valence-corrected chi connectivity index (χ2v) is 7.11. The molecule has 31 heavy (non-hydrogen) atoms. The van der Waals surface area contributed by atoms with Crippen molar-refractivity contribution in [3.8, 4) is 5.75 Å². The van der Waals surface area contributed by atoms with Crippen LogP contribution in [0.1, 0.15) is 31.1 Å². The number of nitrogens with zero attached hydrogens (tertiary/aromatic N) is 2. The van der Waals surface area contributed by atoms with Gasteiger partial charge in [-0.25, -0.2) is 4.79 Å². The highest BCUT2D eigenvalue weighted by atomic mass is 16.5. The maximum atomic E-state index is 13.1. The lowest BCUT2D eigenvalue weighted by atomic mass is 10.2. The maximum Gasteiger partial charge on any atom is 0.330 e. The lowest BCUT2D eigenvalue weighted by Gasteiger charge is -2.24. The fourth-order valence-corrected chi connectivity index (χ4v) is 3.16. The zero-order chi connectivity index (χ0) is 22.4. The molecule has 2 aromatic heterocycles. The number of nitrogen functional groups attached to an aromatic ring is 1. The number of nitrogens with two attached hydrogens (primary N) is 1. The number of rotatable bonds is 9. The van der Waals surface area contributed by atoms with Crippen molar-refractivity contribution in [3.63, 3.8) is 0 Å². The average molecular weight is 426 g/mol. The molecule has 164 valence electrons. The number of hydrogen-bond acceptors (Lipinski definition) is 6. The van der Waals surface area contributed by atoms with Crippen LogP contribution < -0.4 is 26.6 Å². The molecule has 0 saturated carbocycles. The van der Waals surface area contributed by atoms with E-state index in [0.29, 0.717) is 24.5 Å². The smallest absolute Gasteiger partial charge is 0.330 e. The molecule has 1 aromatic carbocycles. The van der Waals surface area contributed by atoms with Gasteiger partial charge in [-0.05, 0) is 37.1 Å². The molecule has 0 spiro atoms. The molecule has 9 heteroatoms. The maximum absolute atomic E-state index is 13.1. The summed E-state index contributed by atoms with van der Waals surface area (Å²) in [5.41, 5.74) is 5.62. The Kier molecular flexibility index (Phi) is 6.96. The van der Waals surface area contributed by atoms with Crippen LogP contribution in [0.4, 0.5) is 11.5 Å². The molecule has 2 heterocycles. The van der Waals surface area contributed by atoms with Gasteiger partial charge in [0.05, 0.1) is 12.8 Å². The summed E-state index contributed by atoms with van der Waals surface area (Å²) in [6, 6.07) is 10.7. The minimum Gasteiger partial charge on any atom is -0.483 e. The topological polar surface area (TPSA) is 124 Å². The van der Waals surface area contributed by atoms with Gasteiger partial charge in [0.25, 0.3) is 11.5 Å². The van der Waals surface area contributed by atoms with E-state index in [4.69, 9.17) is 14.9 Å². The first-order valence-electron chi connectivity index (χ1n) is 10.1. The number of unbranched alkanes of at least 4 members (excludes halogenated alkanes) is 1. The van der Waals surface area contributed by atoms with Crippen LogP contribution in [0.3, 0.4) is 0 Å². The fraction of sp³-hybridized carbons (Fsp3) is 0.318. The number of amides is 1. The molecule has 3 aromatic rings. The second-order valence-electron chi connectivity index (χ2n) is 7.11. The third-order valence-corrected chi connectivity index (χ3v) is 4.86. The van der Waals surface area contributed by atoms with Crippen LogP contribution in [0.15, 0.2) is 56.7 Å². The number of carbonyl (C=O) groups is 1. The number of carbonyl (C=O) groups excluding carboxylic acids is 1. The Bertz CT molecular complexity index is 1150. The molecule has 0 unspecified atom stereocenters. The van der Waals surface area contributed by atoms with E-state index in [-0.39, 0.29) is 24.7 Å². The van der Waals surface area contributed by atoms with Gasteiger partial charge in [0.2, 0.25) is 0 Å². The highest BCUT2D eigenvalue weighted by molar-refractivity contribution is 5.96. The lowest BCUT2D eigenvalue weighted by Crippen LogP contribution is -2.42. The predicted molar refractivity (Wildman–Crippen MR) is 117 cm³/mol. The van der Waals surface area contributed by atoms with Crippen LogP contribution in [0.25, 0.3) is 0 Å². The molecule has 0 saturated heterocycles. The molecular weight excluding hydrogens is 400 g/mol. The lowest BCUT2D eigenvalue weighted by molar-refractivity contribution is -0.120. The van der Waals surface area contributed by atoms with Crippen molar-refractivity contribution in [1.82, 2.24) is 9.55 Å². The largest absolute Gasteiger partial charge is 0.483 e. The van der Waals surface area contributed by atoms with E-state index >= 15 is 0 Å². The Morgan fingerprint density at radius 1 is 1.23 bits per heavy atom. The second kappa shape index (κ2) is 9.84. The van der Waals surface area contributed by atoms with E-state index in [2.05, 4.69) is 4.98 Å². The van der Waals surface area contributed by atoms with Crippen molar-refractivity contribution in [2.24, 2.45) is 0 Å². The van der Waals surface area contributed by atoms with Gasteiger partial charge in [-0.15, -0.1) is 0 Å². The molecule has 3 rings (SSSR count). The summed E-state index contributed by atoms with van der Waals surface area (Å²) in [5.74, 6) is 0.438. The van der Waals surface area contributed by atoms with Crippen molar-refractivity contribution >= 4 is 17.4 Å². The van der Waals surface area contributed by atoms with E-state index in [9.17, 15) is 14.4 Å². The van der Waals surface area contributed by atoms with E-state index < -0.39 is 17.2 Å². The minimum atomic E-state index is -0.744. The molecule has 9 nitrogen and oxygen atoms in total. The monoisotopic (exact) mass is 426 g/mol. The van der Waals surface area contributed by atoms with Gasteiger partial charge in [-0.1, -0.05) is 31.5 Å². The number of ether oxygens (including phenoxy) is 1. The summed E-state index contributed by atoms with van der Waals surface area (Å²) >= 11 is 0. The van der Waals surface area contributed by atoms with Crippen molar-refractivity contribution in [1.29, 1.82) is 0 Å². The number of benzene rings is 1. The third kappa shape index (κ3) is 5.06. The van der Waals surface area contributed by atoms with Crippen LogP contribution >= 0.6 is 0 Å². The molecule has 3 N–H and O–H groups in total. The number of aromatic nitrogens is 2. The van der Waals surface area contributed by atoms with Crippen LogP contribution in [0.5, 0.6) is 5.75 Å². The van der Waals surface area contributed by atoms with Crippen LogP contribution in [-0.4, -0.2) is 22.1 Å². The SMILES string of the molecule is CCCCn1c(N)c(N(Cc2ccco2)C(=O)COc2ccccc2C)c(=O)[nH]c1=O. The van der Waals surface area contributed by atoms with Gasteiger partial charge >= 0.3 is 5.69 Å². The summed E-state index contributed by atoms with van der Waals surface area (Å²) in [6.07, 6.45) is 3.00. The molecule has 0 aliphatic rings. The first-order valence-corrected chi connectivity index (χ1v) is 10.1. The Labute approximate surface area is 179 Å². The third-order valence-electron chi connectivity index (χ3n) is 4.86. The molecule has 0 radical (unpaired) electrons. The van der Waals surface area contributed by atoms with Crippen LogP contribution in [-0.2, 0) is 17.9 Å². The number of anilines is 2. The minimum absolute atomic E-state index is 0.0395. The number of nitrogens with one attached hydrogen (secondary N) is 1. The first-order chi connectivity index (χ1) is 14.9. The van der Waals surface area contributed by atoms with Gasteiger partial charge in [0.15, 0.2) is 12.3 Å². The number of hydrogen-bond donors (Lipinski definition) is 2. The Hall–Kier alpha value is -3.75. The number of furan rings is 1. The predicted octanol–water partition coefficient (Wildman–Crippen LogP) is 2.43. The van der Waals surface area contributed by atoms with Gasteiger partial charge in [0.1, 0.15) is 17.3 Å². The van der Waals surface area contributed by atoms with Crippen molar-refractivity contribution in [3.05, 3.63) is 74.8 Å². The summed E-state index contributed by atoms with van der Waals surface area (Å²) in [4.78, 5) is 41.5. The van der Waals surface area contributed by atoms with Gasteiger partial charge in [-0.3, -0.25) is 24.0 Å². The Morgan fingerprint density at radius 2 is 2.00 bits per heavy atom. The summed E-state index contributed by atoms with van der Waals surface area (Å²) < 4.78 is 12.3. The Morgan fingerprint density at radius 3 is 2.68 bits per heavy atom. The van der Waals surface area contributed by atoms with E-state index in [1.165, 1.54) is 15.7 Å². The van der Waals surface area contributed by atoms with Crippen molar-refractivity contribution in [2.45, 2.75) is 39.8 Å². The molecule has 0 bridgehead atoms. The highest BCUT2D eigenvalue weighted by Crippen LogP contribution is 2.21. The molecule has 0 aliphatic heterocycles. The standard InChI is InChI=1S/C22H26N4O5/c1-3-4-11-25-20(23)19(21(28)24-22(25)29)26(13-16-9-7-12-30-16)18(27)14-31-17-10-6-5-8-15(17)2/h5-10,12H,3-4,11,13-14,23H2,1-2H3,(H,24,28,29). The summed E-state index contributed by atoms with van der Waals surface area (Å²) in [5, 5.41) is 0. The summed E-state index contributed by atoms with van der Waals surface area (Å²) in [6.45, 7) is 3.81. The van der Waals surface area contributed by atoms with Crippen LogP contribution in [0.2, 0.25) is 0 Å². The van der Waals surface area contributed by atoms with E-state index in [1.807, 2.05) is 26.0 Å². The zero-order valence-corrected chi connectivity index (χ0v) is 17.6. The normalized spacial score (nSPS) is 10.8. The average Bonchev–Trinajstić information content (AvgIpc) is 3.25. The van der Waals surface area contributed by atoms with Gasteiger partial charge in [0, 0.05) is 6.54 Å². The van der Waals surface area contributed by atoms with E-state index in [0.717, 1.165) is 12.0 Å². The fourth-order valence-electron chi connectivity index (χ4n) is 3.16. The summed E-state index contributed by atoms with van der Waals surface area (Å²) in [7, 11) is 0. The number of aryl methyl sites for hydroxylation is 1. The Balaban J connectivity index is 1.97. The van der Waals surface area contributed by atoms with Crippen molar-refractivity contribution < 1.29 is 13.9 Å². The number of aromatic amines is 1. The highest BCUT2D eigenvalue weighted by Gasteiger charge is 2.26. The first kappa shape index (κ1) is 21.9.